The lowest BCUT2D eigenvalue weighted by atomic mass is 9.84. The summed E-state index contributed by atoms with van der Waals surface area (Å²) in [6.07, 6.45) is 1.76. The van der Waals surface area contributed by atoms with E-state index in [9.17, 15) is 4.79 Å². The second-order valence-electron chi connectivity index (χ2n) is 8.20. The summed E-state index contributed by atoms with van der Waals surface area (Å²) >= 11 is 12.3. The normalized spacial score (nSPS) is 11.2. The van der Waals surface area contributed by atoms with Crippen molar-refractivity contribution in [1.82, 2.24) is 9.97 Å². The summed E-state index contributed by atoms with van der Waals surface area (Å²) in [7, 11) is 0. The summed E-state index contributed by atoms with van der Waals surface area (Å²) in [5, 5.41) is 5.64. The van der Waals surface area contributed by atoms with Crippen molar-refractivity contribution in [2.75, 3.05) is 5.32 Å². The fourth-order valence-corrected chi connectivity index (χ4v) is 4.39. The molecule has 0 atom stereocenters. The third-order valence-corrected chi connectivity index (χ3v) is 6.30. The highest BCUT2D eigenvalue weighted by Gasteiger charge is 2.18. The molecule has 168 valence electrons. The zero-order chi connectivity index (χ0) is 23.7. The molecule has 2 aromatic heterocycles. The first-order valence-corrected chi connectivity index (χ1v) is 11.6. The Morgan fingerprint density at radius 3 is 2.00 bits per heavy atom. The van der Waals surface area contributed by atoms with Gasteiger partial charge in [-0.3, -0.25) is 9.78 Å². The van der Waals surface area contributed by atoms with Crippen molar-refractivity contribution in [2.45, 2.75) is 12.8 Å². The molecule has 3 aromatic carbocycles. The van der Waals surface area contributed by atoms with Gasteiger partial charge in [-0.05, 0) is 72.1 Å². The number of hydrogen-bond acceptors (Lipinski definition) is 3. The predicted molar refractivity (Wildman–Crippen MR) is 141 cm³/mol. The number of nitrogens with one attached hydrogen (secondary N) is 2. The maximum Gasteiger partial charge on any atom is 0.250 e. The van der Waals surface area contributed by atoms with E-state index in [4.69, 9.17) is 23.2 Å². The van der Waals surface area contributed by atoms with E-state index in [0.29, 0.717) is 10.0 Å². The monoisotopic (exact) mass is 485 g/mol. The quantitative estimate of drug-likeness (QED) is 0.254. The molecular weight excluding hydrogens is 465 g/mol. The summed E-state index contributed by atoms with van der Waals surface area (Å²) < 4.78 is 0. The number of rotatable bonds is 5. The fourth-order valence-electron chi connectivity index (χ4n) is 4.14. The average molecular weight is 486 g/mol. The van der Waals surface area contributed by atoms with Gasteiger partial charge in [0.25, 0.3) is 0 Å². The van der Waals surface area contributed by atoms with Gasteiger partial charge in [0.05, 0.1) is 23.1 Å². The van der Waals surface area contributed by atoms with Crippen LogP contribution in [0, 0.1) is 6.92 Å². The molecule has 0 spiro atoms. The number of anilines is 2. The van der Waals surface area contributed by atoms with E-state index in [1.54, 1.807) is 12.3 Å². The van der Waals surface area contributed by atoms with Crippen LogP contribution in [0.2, 0.25) is 10.0 Å². The molecule has 0 aliphatic rings. The summed E-state index contributed by atoms with van der Waals surface area (Å²) in [4.78, 5) is 19.6. The standard InChI is InChI=1S/C28H21Cl2N3O/c1-17-2-12-23(16-31-17)32-26-15-27(34)33-25-13-7-20(14-24(25)26)28(18-3-8-21(29)9-4-18)19-5-10-22(30)11-6-19/h2-16,28H,1H3,(H2,32,33,34). The van der Waals surface area contributed by atoms with E-state index < -0.39 is 0 Å². The smallest absolute Gasteiger partial charge is 0.250 e. The Morgan fingerprint density at radius 1 is 0.794 bits per heavy atom. The minimum absolute atomic E-state index is 0.0419. The zero-order valence-electron chi connectivity index (χ0n) is 18.3. The Bertz CT molecular complexity index is 1460. The maximum atomic E-state index is 12.3. The van der Waals surface area contributed by atoms with Gasteiger partial charge in [-0.1, -0.05) is 53.5 Å². The molecule has 0 bridgehead atoms. The van der Waals surface area contributed by atoms with Crippen LogP contribution in [0.5, 0.6) is 0 Å². The number of aryl methyl sites for hydroxylation is 1. The molecule has 2 heterocycles. The Kier molecular flexibility index (Phi) is 6.10. The topological polar surface area (TPSA) is 57.8 Å². The SMILES string of the molecule is Cc1ccc(Nc2cc(=O)[nH]c3ccc(C(c4ccc(Cl)cc4)c4ccc(Cl)cc4)cc23)cn1. The fraction of sp³-hybridized carbons (Fsp3) is 0.0714. The third kappa shape index (κ3) is 4.69. The molecule has 5 rings (SSSR count). The molecule has 0 fully saturated rings. The van der Waals surface area contributed by atoms with Crippen LogP contribution in [0.25, 0.3) is 10.9 Å². The van der Waals surface area contributed by atoms with E-state index in [1.807, 2.05) is 79.7 Å². The predicted octanol–water partition coefficient (Wildman–Crippen LogP) is 7.46. The van der Waals surface area contributed by atoms with E-state index in [2.05, 4.69) is 21.4 Å². The first-order valence-electron chi connectivity index (χ1n) is 10.8. The molecule has 0 aliphatic carbocycles. The Balaban J connectivity index is 1.66. The highest BCUT2D eigenvalue weighted by atomic mass is 35.5. The number of benzene rings is 3. The van der Waals surface area contributed by atoms with E-state index in [0.717, 1.165) is 44.7 Å². The number of H-pyrrole nitrogens is 1. The number of fused-ring (bicyclic) bond motifs is 1. The van der Waals surface area contributed by atoms with E-state index in [-0.39, 0.29) is 11.5 Å². The van der Waals surface area contributed by atoms with Crippen LogP contribution in [0.3, 0.4) is 0 Å². The molecule has 0 amide bonds. The Morgan fingerprint density at radius 2 is 1.41 bits per heavy atom. The van der Waals surface area contributed by atoms with Gasteiger partial charge in [0.1, 0.15) is 0 Å². The summed E-state index contributed by atoms with van der Waals surface area (Å²) in [6.45, 7) is 1.94. The second kappa shape index (κ2) is 9.34. The second-order valence-corrected chi connectivity index (χ2v) is 9.07. The molecule has 34 heavy (non-hydrogen) atoms. The molecule has 0 saturated carbocycles. The van der Waals surface area contributed by atoms with Crippen molar-refractivity contribution < 1.29 is 0 Å². The van der Waals surface area contributed by atoms with Gasteiger partial charge in [-0.15, -0.1) is 0 Å². The molecule has 0 unspecified atom stereocenters. The van der Waals surface area contributed by atoms with E-state index >= 15 is 0 Å². The van der Waals surface area contributed by atoms with Crippen molar-refractivity contribution in [1.29, 1.82) is 0 Å². The highest BCUT2D eigenvalue weighted by Crippen LogP contribution is 2.36. The minimum atomic E-state index is -0.172. The molecule has 4 nitrogen and oxygen atoms in total. The summed E-state index contributed by atoms with van der Waals surface area (Å²) in [6, 6.07) is 27.3. The highest BCUT2D eigenvalue weighted by molar-refractivity contribution is 6.30. The largest absolute Gasteiger partial charge is 0.354 e. The number of halogens is 2. The van der Waals surface area contributed by atoms with Crippen LogP contribution in [0.4, 0.5) is 11.4 Å². The molecule has 0 aliphatic heterocycles. The lowest BCUT2D eigenvalue weighted by molar-refractivity contribution is 0.980. The summed E-state index contributed by atoms with van der Waals surface area (Å²) in [5.41, 5.74) is 6.33. The van der Waals surface area contributed by atoms with E-state index in [1.165, 1.54) is 0 Å². The Labute approximate surface area is 207 Å². The first kappa shape index (κ1) is 22.2. The van der Waals surface area contributed by atoms with Crippen LogP contribution in [-0.4, -0.2) is 9.97 Å². The minimum Gasteiger partial charge on any atom is -0.354 e. The molecule has 6 heteroatoms. The van der Waals surface area contributed by atoms with Gasteiger partial charge in [0, 0.05) is 33.1 Å². The number of aromatic nitrogens is 2. The first-order chi connectivity index (χ1) is 16.5. The Hall–Kier alpha value is -3.60. The third-order valence-electron chi connectivity index (χ3n) is 5.80. The van der Waals surface area contributed by atoms with Gasteiger partial charge < -0.3 is 10.3 Å². The van der Waals surface area contributed by atoms with Crippen molar-refractivity contribution in [3.8, 4) is 0 Å². The van der Waals surface area contributed by atoms with Crippen molar-refractivity contribution in [3.63, 3.8) is 0 Å². The molecular formula is C28H21Cl2N3O. The summed E-state index contributed by atoms with van der Waals surface area (Å²) in [5.74, 6) is -0.0419. The van der Waals surface area contributed by atoms with Gasteiger partial charge in [0.15, 0.2) is 0 Å². The van der Waals surface area contributed by atoms with Crippen LogP contribution in [0.1, 0.15) is 28.3 Å². The number of hydrogen-bond donors (Lipinski definition) is 2. The van der Waals surface area contributed by atoms with Crippen LogP contribution in [0.15, 0.2) is 95.9 Å². The molecule has 5 aromatic rings. The number of pyridine rings is 2. The van der Waals surface area contributed by atoms with Gasteiger partial charge in [0.2, 0.25) is 5.56 Å². The van der Waals surface area contributed by atoms with Crippen LogP contribution in [-0.2, 0) is 0 Å². The van der Waals surface area contributed by atoms with Crippen LogP contribution < -0.4 is 10.9 Å². The van der Waals surface area contributed by atoms with Gasteiger partial charge >= 0.3 is 0 Å². The number of aromatic amines is 1. The van der Waals surface area contributed by atoms with Crippen molar-refractivity contribution in [2.24, 2.45) is 0 Å². The molecule has 0 saturated heterocycles. The lowest BCUT2D eigenvalue weighted by Crippen LogP contribution is -2.08. The van der Waals surface area contributed by atoms with Crippen molar-refractivity contribution in [3.05, 3.63) is 134 Å². The maximum absolute atomic E-state index is 12.3. The molecule has 0 radical (unpaired) electrons. The number of nitrogens with zero attached hydrogens (tertiary/aromatic N) is 1. The van der Waals surface area contributed by atoms with Gasteiger partial charge in [-0.25, -0.2) is 0 Å². The van der Waals surface area contributed by atoms with Crippen molar-refractivity contribution >= 4 is 45.5 Å². The van der Waals surface area contributed by atoms with Gasteiger partial charge in [-0.2, -0.15) is 0 Å². The molecule has 2 N–H and O–H groups in total. The zero-order valence-corrected chi connectivity index (χ0v) is 19.9. The lowest BCUT2D eigenvalue weighted by Gasteiger charge is -2.20. The van der Waals surface area contributed by atoms with Crippen LogP contribution >= 0.6 is 23.2 Å². The average Bonchev–Trinajstić information content (AvgIpc) is 2.83.